The number of hydrogen-bond donors (Lipinski definition) is 1. The summed E-state index contributed by atoms with van der Waals surface area (Å²) in [7, 11) is 0. The molecule has 2 N–H and O–H groups in total. The maximum Gasteiger partial charge on any atom is 0.338 e. The minimum Gasteiger partial charge on any atom is -0.350 e. The van der Waals surface area contributed by atoms with Gasteiger partial charge in [-0.1, -0.05) is 0 Å². The second-order valence-corrected chi connectivity index (χ2v) is 2.91. The summed E-state index contributed by atoms with van der Waals surface area (Å²) < 4.78 is 0. The average Bonchev–Trinajstić information content (AvgIpc) is 1.81. The number of nitrogens with two attached hydrogens (primary N) is 1. The molecule has 4 nitrogen and oxygen atoms in total. The van der Waals surface area contributed by atoms with Crippen LogP contribution in [-0.2, 0) is 4.84 Å². The normalized spacial score (nSPS) is 10.7. The number of carbonyl (C=O) groups is 1. The summed E-state index contributed by atoms with van der Waals surface area (Å²) in [6, 6.07) is -0.566. The van der Waals surface area contributed by atoms with Crippen LogP contribution in [0.3, 0.4) is 0 Å². The Balaban J connectivity index is 4.01. The highest BCUT2D eigenvalue weighted by atomic mass is 16.7. The van der Waals surface area contributed by atoms with E-state index < -0.39 is 6.03 Å². The molecule has 0 aromatic carbocycles. The lowest BCUT2D eigenvalue weighted by molar-refractivity contribution is -0.163. The molecule has 0 rings (SSSR count). The first-order chi connectivity index (χ1) is 4.95. The summed E-state index contributed by atoms with van der Waals surface area (Å²) in [4.78, 5) is 15.8. The quantitative estimate of drug-likeness (QED) is 0.629. The van der Waals surface area contributed by atoms with Gasteiger partial charge < -0.3 is 5.73 Å². The number of hydrogen-bond acceptors (Lipinski definition) is 2. The number of nitrogens with zero attached hydrogens (tertiary/aromatic N) is 1. The van der Waals surface area contributed by atoms with Crippen LogP contribution in [0.4, 0.5) is 4.79 Å². The number of rotatable bonds is 3. The van der Waals surface area contributed by atoms with E-state index in [1.54, 1.807) is 0 Å². The van der Waals surface area contributed by atoms with Crippen molar-refractivity contribution in [2.45, 2.75) is 39.8 Å². The Hall–Kier alpha value is -0.770. The molecule has 2 amide bonds. The third kappa shape index (κ3) is 3.83. The van der Waals surface area contributed by atoms with Crippen LogP contribution in [0.2, 0.25) is 0 Å². The van der Waals surface area contributed by atoms with Crippen LogP contribution < -0.4 is 5.73 Å². The molecule has 0 aromatic heterocycles. The number of hydroxylamine groups is 2. The Kier molecular flexibility index (Phi) is 3.89. The molecule has 0 spiro atoms. The Bertz CT molecular complexity index is 134. The van der Waals surface area contributed by atoms with E-state index in [0.29, 0.717) is 0 Å². The van der Waals surface area contributed by atoms with Gasteiger partial charge in [-0.2, -0.15) is 0 Å². The molecule has 11 heavy (non-hydrogen) atoms. The van der Waals surface area contributed by atoms with E-state index in [2.05, 4.69) is 0 Å². The summed E-state index contributed by atoms with van der Waals surface area (Å²) in [5, 5.41) is 1.17. The Morgan fingerprint density at radius 1 is 1.36 bits per heavy atom. The van der Waals surface area contributed by atoms with E-state index in [1.807, 2.05) is 27.7 Å². The molecule has 0 saturated heterocycles. The van der Waals surface area contributed by atoms with Crippen molar-refractivity contribution in [3.8, 4) is 0 Å². The SMILES string of the molecule is CC(C)ON(C(N)=O)C(C)C. The van der Waals surface area contributed by atoms with Gasteiger partial charge in [0.05, 0.1) is 12.1 Å². The molecule has 0 aliphatic rings. The average molecular weight is 160 g/mol. The third-order valence-electron chi connectivity index (χ3n) is 1.01. The van der Waals surface area contributed by atoms with Crippen molar-refractivity contribution in [1.29, 1.82) is 0 Å². The Labute approximate surface area is 67.3 Å². The van der Waals surface area contributed by atoms with Gasteiger partial charge >= 0.3 is 6.03 Å². The molecule has 0 aliphatic heterocycles. The molecule has 66 valence electrons. The largest absolute Gasteiger partial charge is 0.350 e. The molecule has 0 saturated carbocycles. The first kappa shape index (κ1) is 10.2. The highest BCUT2D eigenvalue weighted by Crippen LogP contribution is 2.01. The van der Waals surface area contributed by atoms with Gasteiger partial charge in [-0.05, 0) is 27.7 Å². The Morgan fingerprint density at radius 2 is 1.82 bits per heavy atom. The van der Waals surface area contributed by atoms with Gasteiger partial charge in [-0.3, -0.25) is 4.84 Å². The number of urea groups is 1. The molecule has 0 radical (unpaired) electrons. The zero-order chi connectivity index (χ0) is 9.02. The predicted molar refractivity (Wildman–Crippen MR) is 42.8 cm³/mol. The summed E-state index contributed by atoms with van der Waals surface area (Å²) >= 11 is 0. The standard InChI is InChI=1S/C7H16N2O2/c1-5(2)9(7(8)10)11-6(3)4/h5-6H,1-4H3,(H2,8,10). The van der Waals surface area contributed by atoms with Crippen LogP contribution in [0.1, 0.15) is 27.7 Å². The van der Waals surface area contributed by atoms with E-state index in [0.717, 1.165) is 0 Å². The van der Waals surface area contributed by atoms with Gasteiger partial charge in [0.15, 0.2) is 0 Å². The molecule has 0 unspecified atom stereocenters. The molecule has 0 fully saturated rings. The topological polar surface area (TPSA) is 55.6 Å². The lowest BCUT2D eigenvalue weighted by atomic mass is 10.4. The zero-order valence-electron chi connectivity index (χ0n) is 7.50. The Morgan fingerprint density at radius 3 is 1.91 bits per heavy atom. The number of primary amides is 1. The predicted octanol–water partition coefficient (Wildman–Crippen LogP) is 1.12. The van der Waals surface area contributed by atoms with Crippen molar-refractivity contribution >= 4 is 6.03 Å². The summed E-state index contributed by atoms with van der Waals surface area (Å²) in [5.74, 6) is 0. The van der Waals surface area contributed by atoms with Crippen LogP contribution in [0.15, 0.2) is 0 Å². The number of carbonyl (C=O) groups excluding carboxylic acids is 1. The fraction of sp³-hybridized carbons (Fsp3) is 0.857. The number of amides is 2. The van der Waals surface area contributed by atoms with E-state index >= 15 is 0 Å². The highest BCUT2D eigenvalue weighted by Gasteiger charge is 2.15. The van der Waals surface area contributed by atoms with Crippen LogP contribution >= 0.6 is 0 Å². The summed E-state index contributed by atoms with van der Waals surface area (Å²) in [5.41, 5.74) is 5.05. The molecule has 0 heterocycles. The monoisotopic (exact) mass is 160 g/mol. The minimum atomic E-state index is -0.547. The van der Waals surface area contributed by atoms with Crippen molar-refractivity contribution in [3.05, 3.63) is 0 Å². The minimum absolute atomic E-state index is 0.0186. The summed E-state index contributed by atoms with van der Waals surface area (Å²) in [6.07, 6.45) is -0.0232. The van der Waals surface area contributed by atoms with E-state index in [9.17, 15) is 4.79 Å². The van der Waals surface area contributed by atoms with Crippen molar-refractivity contribution in [2.75, 3.05) is 0 Å². The van der Waals surface area contributed by atoms with Crippen LogP contribution in [0.5, 0.6) is 0 Å². The smallest absolute Gasteiger partial charge is 0.338 e. The second kappa shape index (κ2) is 4.18. The fourth-order valence-corrected chi connectivity index (χ4v) is 0.655. The maximum absolute atomic E-state index is 10.7. The van der Waals surface area contributed by atoms with Crippen molar-refractivity contribution in [3.63, 3.8) is 0 Å². The molecule has 0 aromatic rings. The molecule has 0 atom stereocenters. The fourth-order valence-electron chi connectivity index (χ4n) is 0.655. The van der Waals surface area contributed by atoms with Crippen LogP contribution in [-0.4, -0.2) is 23.2 Å². The van der Waals surface area contributed by atoms with Gasteiger partial charge in [0.1, 0.15) is 0 Å². The first-order valence-electron chi connectivity index (χ1n) is 3.70. The van der Waals surface area contributed by atoms with Crippen LogP contribution in [0, 0.1) is 0 Å². The molecule has 0 aliphatic carbocycles. The lowest BCUT2D eigenvalue weighted by Crippen LogP contribution is -2.42. The maximum atomic E-state index is 10.7. The lowest BCUT2D eigenvalue weighted by Gasteiger charge is -2.25. The molecular formula is C7H16N2O2. The van der Waals surface area contributed by atoms with Gasteiger partial charge in [0, 0.05) is 0 Å². The van der Waals surface area contributed by atoms with E-state index in [-0.39, 0.29) is 12.1 Å². The van der Waals surface area contributed by atoms with Gasteiger partial charge in [0.2, 0.25) is 0 Å². The molecular weight excluding hydrogens is 144 g/mol. The van der Waals surface area contributed by atoms with Crippen LogP contribution in [0.25, 0.3) is 0 Å². The van der Waals surface area contributed by atoms with Gasteiger partial charge in [-0.15, -0.1) is 0 Å². The van der Waals surface area contributed by atoms with E-state index in [1.165, 1.54) is 5.06 Å². The van der Waals surface area contributed by atoms with E-state index in [4.69, 9.17) is 10.6 Å². The third-order valence-corrected chi connectivity index (χ3v) is 1.01. The van der Waals surface area contributed by atoms with Gasteiger partial charge in [-0.25, -0.2) is 9.86 Å². The van der Waals surface area contributed by atoms with Crippen molar-refractivity contribution in [1.82, 2.24) is 5.06 Å². The molecule has 0 bridgehead atoms. The summed E-state index contributed by atoms with van der Waals surface area (Å²) in [6.45, 7) is 7.37. The highest BCUT2D eigenvalue weighted by molar-refractivity contribution is 5.71. The zero-order valence-corrected chi connectivity index (χ0v) is 7.50. The van der Waals surface area contributed by atoms with Crippen molar-refractivity contribution in [2.24, 2.45) is 5.73 Å². The molecule has 4 heteroatoms. The second-order valence-electron chi connectivity index (χ2n) is 2.91. The van der Waals surface area contributed by atoms with Crippen molar-refractivity contribution < 1.29 is 9.63 Å². The first-order valence-corrected chi connectivity index (χ1v) is 3.70. The van der Waals surface area contributed by atoms with Gasteiger partial charge in [0.25, 0.3) is 0 Å².